The molecule has 0 bridgehead atoms. The van der Waals surface area contributed by atoms with Gasteiger partial charge < -0.3 is 14.5 Å². The molecule has 8 nitrogen and oxygen atoms in total. The average molecular weight is 396 g/mol. The molecule has 2 aromatic heterocycles. The maximum absolute atomic E-state index is 13.6. The van der Waals surface area contributed by atoms with E-state index in [1.54, 1.807) is 27.9 Å². The highest BCUT2D eigenvalue weighted by Crippen LogP contribution is 2.18. The van der Waals surface area contributed by atoms with Crippen LogP contribution in [0.4, 0.5) is 10.2 Å². The molecule has 150 valence electrons. The van der Waals surface area contributed by atoms with Crippen molar-refractivity contribution in [3.05, 3.63) is 60.4 Å². The number of halogens is 1. The number of nitrogens with zero attached hydrogens (tertiary/aromatic N) is 6. The van der Waals surface area contributed by atoms with E-state index in [1.807, 2.05) is 25.3 Å². The van der Waals surface area contributed by atoms with Gasteiger partial charge in [-0.1, -0.05) is 12.1 Å². The van der Waals surface area contributed by atoms with Gasteiger partial charge in [-0.15, -0.1) is 0 Å². The zero-order chi connectivity index (χ0) is 20.2. The monoisotopic (exact) mass is 396 g/mol. The van der Waals surface area contributed by atoms with E-state index in [2.05, 4.69) is 20.0 Å². The highest BCUT2D eigenvalue weighted by atomic mass is 19.1. The third-order valence-electron chi connectivity index (χ3n) is 4.69. The zero-order valence-corrected chi connectivity index (χ0v) is 16.0. The summed E-state index contributed by atoms with van der Waals surface area (Å²) in [6.07, 6.45) is 3.53. The Labute approximate surface area is 167 Å². The molecule has 0 unspecified atom stereocenters. The van der Waals surface area contributed by atoms with Crippen LogP contribution < -0.4 is 9.64 Å². The highest BCUT2D eigenvalue weighted by Gasteiger charge is 2.23. The van der Waals surface area contributed by atoms with Crippen molar-refractivity contribution in [3.8, 4) is 11.6 Å². The van der Waals surface area contributed by atoms with E-state index in [0.717, 1.165) is 5.82 Å². The summed E-state index contributed by atoms with van der Waals surface area (Å²) in [5, 5.41) is 4.22. The van der Waals surface area contributed by atoms with Crippen molar-refractivity contribution in [1.82, 2.24) is 24.6 Å². The van der Waals surface area contributed by atoms with Crippen molar-refractivity contribution in [1.29, 1.82) is 0 Å². The summed E-state index contributed by atoms with van der Waals surface area (Å²) in [6.45, 7) is 4.02. The summed E-state index contributed by atoms with van der Waals surface area (Å²) < 4.78 is 20.6. The summed E-state index contributed by atoms with van der Waals surface area (Å²) in [6, 6.07) is 9.79. The molecule has 1 aromatic carbocycles. The van der Waals surface area contributed by atoms with E-state index in [9.17, 15) is 9.18 Å². The number of piperazine rings is 1. The third-order valence-corrected chi connectivity index (χ3v) is 4.69. The lowest BCUT2D eigenvalue weighted by molar-refractivity contribution is -0.133. The molecule has 0 spiro atoms. The summed E-state index contributed by atoms with van der Waals surface area (Å²) in [4.78, 5) is 25.2. The summed E-state index contributed by atoms with van der Waals surface area (Å²) >= 11 is 0. The fourth-order valence-corrected chi connectivity index (χ4v) is 3.20. The summed E-state index contributed by atoms with van der Waals surface area (Å²) in [5.74, 6) is 1.61. The molecule has 0 saturated carbocycles. The number of aryl methyl sites for hydroxylation is 1. The van der Waals surface area contributed by atoms with Crippen LogP contribution in [0.1, 0.15) is 5.82 Å². The minimum Gasteiger partial charge on any atom is -0.481 e. The number of anilines is 1. The Bertz CT molecular complexity index is 986. The van der Waals surface area contributed by atoms with Gasteiger partial charge in [-0.3, -0.25) is 4.79 Å². The Morgan fingerprint density at radius 1 is 1.10 bits per heavy atom. The molecule has 1 fully saturated rings. The Morgan fingerprint density at radius 3 is 2.59 bits per heavy atom. The lowest BCUT2D eigenvalue weighted by Gasteiger charge is -2.35. The predicted molar refractivity (Wildman–Crippen MR) is 105 cm³/mol. The number of rotatable bonds is 5. The topological polar surface area (TPSA) is 76.4 Å². The number of benzene rings is 1. The first-order chi connectivity index (χ1) is 14.1. The van der Waals surface area contributed by atoms with Gasteiger partial charge in [0.1, 0.15) is 11.6 Å². The standard InChI is InChI=1S/C20H21FN6O2/c1-15-23-18(13-19(24-15)27-8-4-7-22-27)25-9-11-26(12-10-25)20(28)14-29-17-6-3-2-5-16(17)21/h2-8,13H,9-12,14H2,1H3. The molecule has 29 heavy (non-hydrogen) atoms. The van der Waals surface area contributed by atoms with Crippen LogP contribution in [0, 0.1) is 12.7 Å². The number of ether oxygens (including phenoxy) is 1. The van der Waals surface area contributed by atoms with Crippen LogP contribution in [0.25, 0.3) is 5.82 Å². The van der Waals surface area contributed by atoms with Gasteiger partial charge in [0.05, 0.1) is 0 Å². The molecule has 3 heterocycles. The molecule has 1 aliphatic rings. The number of carbonyl (C=O) groups excluding carboxylic acids is 1. The predicted octanol–water partition coefficient (Wildman–Crippen LogP) is 1.84. The van der Waals surface area contributed by atoms with Gasteiger partial charge in [0.15, 0.2) is 24.0 Å². The van der Waals surface area contributed by atoms with E-state index in [-0.39, 0.29) is 18.3 Å². The van der Waals surface area contributed by atoms with Gasteiger partial charge >= 0.3 is 0 Å². The van der Waals surface area contributed by atoms with Crippen molar-refractivity contribution in [2.45, 2.75) is 6.92 Å². The van der Waals surface area contributed by atoms with Crippen LogP contribution in [0.2, 0.25) is 0 Å². The Morgan fingerprint density at radius 2 is 1.86 bits per heavy atom. The van der Waals surface area contributed by atoms with Gasteiger partial charge in [0.2, 0.25) is 0 Å². The Balaban J connectivity index is 1.36. The molecule has 4 rings (SSSR count). The van der Waals surface area contributed by atoms with E-state index in [0.29, 0.717) is 37.8 Å². The summed E-state index contributed by atoms with van der Waals surface area (Å²) in [7, 11) is 0. The first kappa shape index (κ1) is 18.9. The molecule has 0 N–H and O–H groups in total. The SMILES string of the molecule is Cc1nc(N2CCN(C(=O)COc3ccccc3F)CC2)cc(-n2cccn2)n1. The second-order valence-electron chi connectivity index (χ2n) is 6.67. The van der Waals surface area contributed by atoms with E-state index in [1.165, 1.54) is 12.1 Å². The molecular weight excluding hydrogens is 375 g/mol. The number of para-hydroxylation sites is 1. The van der Waals surface area contributed by atoms with Crippen molar-refractivity contribution < 1.29 is 13.9 Å². The Hall–Kier alpha value is -3.49. The first-order valence-corrected chi connectivity index (χ1v) is 9.36. The van der Waals surface area contributed by atoms with Crippen molar-refractivity contribution in [3.63, 3.8) is 0 Å². The van der Waals surface area contributed by atoms with Gasteiger partial charge in [-0.25, -0.2) is 19.0 Å². The number of amides is 1. The Kier molecular flexibility index (Phi) is 5.37. The smallest absolute Gasteiger partial charge is 0.260 e. The van der Waals surface area contributed by atoms with Gasteiger partial charge in [-0.2, -0.15) is 5.10 Å². The normalized spacial score (nSPS) is 14.1. The molecule has 1 saturated heterocycles. The molecule has 0 radical (unpaired) electrons. The van der Waals surface area contributed by atoms with Gasteiger partial charge in [0, 0.05) is 44.6 Å². The lowest BCUT2D eigenvalue weighted by atomic mass is 10.3. The number of carbonyl (C=O) groups is 1. The van der Waals surface area contributed by atoms with Crippen LogP contribution in [0.5, 0.6) is 5.75 Å². The average Bonchev–Trinajstić information content (AvgIpc) is 3.28. The largest absolute Gasteiger partial charge is 0.481 e. The molecule has 9 heteroatoms. The maximum Gasteiger partial charge on any atom is 0.260 e. The van der Waals surface area contributed by atoms with Crippen LogP contribution >= 0.6 is 0 Å². The van der Waals surface area contributed by atoms with E-state index in [4.69, 9.17) is 4.74 Å². The minimum atomic E-state index is -0.475. The number of aromatic nitrogens is 4. The second kappa shape index (κ2) is 8.26. The van der Waals surface area contributed by atoms with Crippen molar-refractivity contribution in [2.24, 2.45) is 0 Å². The second-order valence-corrected chi connectivity index (χ2v) is 6.67. The van der Waals surface area contributed by atoms with Gasteiger partial charge in [0.25, 0.3) is 5.91 Å². The fraction of sp³-hybridized carbons (Fsp3) is 0.300. The molecule has 1 aliphatic heterocycles. The zero-order valence-electron chi connectivity index (χ0n) is 16.0. The summed E-state index contributed by atoms with van der Waals surface area (Å²) in [5.41, 5.74) is 0. The number of hydrogen-bond donors (Lipinski definition) is 0. The molecule has 1 amide bonds. The van der Waals surface area contributed by atoms with Crippen LogP contribution in [0.3, 0.4) is 0 Å². The van der Waals surface area contributed by atoms with Crippen LogP contribution in [-0.4, -0.2) is 63.3 Å². The third kappa shape index (κ3) is 4.34. The van der Waals surface area contributed by atoms with Crippen LogP contribution in [0.15, 0.2) is 48.8 Å². The molecule has 3 aromatic rings. The van der Waals surface area contributed by atoms with Gasteiger partial charge in [-0.05, 0) is 25.1 Å². The number of hydrogen-bond acceptors (Lipinski definition) is 6. The highest BCUT2D eigenvalue weighted by molar-refractivity contribution is 5.78. The van der Waals surface area contributed by atoms with E-state index < -0.39 is 5.82 Å². The first-order valence-electron chi connectivity index (χ1n) is 9.36. The minimum absolute atomic E-state index is 0.0853. The van der Waals surface area contributed by atoms with Crippen molar-refractivity contribution in [2.75, 3.05) is 37.7 Å². The maximum atomic E-state index is 13.6. The molecule has 0 atom stereocenters. The van der Waals surface area contributed by atoms with Crippen LogP contribution in [-0.2, 0) is 4.79 Å². The van der Waals surface area contributed by atoms with E-state index >= 15 is 0 Å². The quantitative estimate of drug-likeness (QED) is 0.655. The lowest BCUT2D eigenvalue weighted by Crippen LogP contribution is -2.50. The molecular formula is C20H21FN6O2. The van der Waals surface area contributed by atoms with Crippen molar-refractivity contribution >= 4 is 11.7 Å². The molecule has 0 aliphatic carbocycles. The fourth-order valence-electron chi connectivity index (χ4n) is 3.20.